The fourth-order valence-corrected chi connectivity index (χ4v) is 3.26. The maximum Gasteiger partial charge on any atom is 0.0991 e. The van der Waals surface area contributed by atoms with Gasteiger partial charge < -0.3 is 10.6 Å². The summed E-state index contributed by atoms with van der Waals surface area (Å²) < 4.78 is 0. The number of benzene rings is 2. The summed E-state index contributed by atoms with van der Waals surface area (Å²) in [7, 11) is 2.06. The van der Waals surface area contributed by atoms with E-state index < -0.39 is 0 Å². The van der Waals surface area contributed by atoms with Crippen LogP contribution in [0.25, 0.3) is 0 Å². The van der Waals surface area contributed by atoms with Crippen LogP contribution in [-0.2, 0) is 6.42 Å². The van der Waals surface area contributed by atoms with Crippen LogP contribution in [0.15, 0.2) is 42.5 Å². The third kappa shape index (κ3) is 2.70. The molecule has 0 bridgehead atoms. The van der Waals surface area contributed by atoms with E-state index in [1.54, 1.807) is 0 Å². The summed E-state index contributed by atoms with van der Waals surface area (Å²) in [5.41, 5.74) is 11.7. The van der Waals surface area contributed by atoms with E-state index in [0.29, 0.717) is 11.5 Å². The van der Waals surface area contributed by atoms with Crippen molar-refractivity contribution in [1.82, 2.24) is 0 Å². The van der Waals surface area contributed by atoms with Gasteiger partial charge in [0.2, 0.25) is 0 Å². The summed E-state index contributed by atoms with van der Waals surface area (Å²) in [5, 5.41) is 8.89. The van der Waals surface area contributed by atoms with E-state index in [2.05, 4.69) is 36.2 Å². The second-order valence-electron chi connectivity index (χ2n) is 5.93. The van der Waals surface area contributed by atoms with Gasteiger partial charge in [-0.3, -0.25) is 0 Å². The molecule has 1 atom stereocenters. The normalized spacial score (nSPS) is 16.7. The molecule has 22 heavy (non-hydrogen) atoms. The lowest BCUT2D eigenvalue weighted by Gasteiger charge is -2.27. The second kappa shape index (κ2) is 6.21. The van der Waals surface area contributed by atoms with Crippen molar-refractivity contribution in [1.29, 1.82) is 5.26 Å². The summed E-state index contributed by atoms with van der Waals surface area (Å²) in [4.78, 5) is 2.16. The Kier molecular flexibility index (Phi) is 4.13. The van der Waals surface area contributed by atoms with E-state index in [0.717, 1.165) is 18.7 Å². The molecule has 0 aromatic heterocycles. The van der Waals surface area contributed by atoms with Crippen molar-refractivity contribution in [2.24, 2.45) is 5.73 Å². The molecule has 2 aromatic carbocycles. The summed E-state index contributed by atoms with van der Waals surface area (Å²) in [6.07, 6.45) is 3.56. The van der Waals surface area contributed by atoms with Crippen LogP contribution in [0.2, 0.25) is 0 Å². The molecule has 0 saturated heterocycles. The second-order valence-corrected chi connectivity index (χ2v) is 5.93. The average molecular weight is 291 g/mol. The number of anilines is 2. The Morgan fingerprint density at radius 2 is 1.91 bits per heavy atom. The minimum atomic E-state index is 0.512. The third-order valence-corrected chi connectivity index (χ3v) is 4.62. The van der Waals surface area contributed by atoms with Crippen molar-refractivity contribution < 1.29 is 0 Å². The number of hydrogen-bond acceptors (Lipinski definition) is 3. The molecule has 0 saturated carbocycles. The van der Waals surface area contributed by atoms with Crippen molar-refractivity contribution in [3.05, 3.63) is 59.2 Å². The first-order valence-corrected chi connectivity index (χ1v) is 7.79. The third-order valence-electron chi connectivity index (χ3n) is 4.62. The summed E-state index contributed by atoms with van der Waals surface area (Å²) in [6, 6.07) is 16.5. The SMILES string of the molecule is CN(c1ccc(C#N)cc1)c1ccc2c(c1)CCC[C@H]2CN. The van der Waals surface area contributed by atoms with Crippen molar-refractivity contribution >= 4 is 11.4 Å². The van der Waals surface area contributed by atoms with Crippen LogP contribution in [0.5, 0.6) is 0 Å². The van der Waals surface area contributed by atoms with Crippen molar-refractivity contribution in [2.45, 2.75) is 25.2 Å². The summed E-state index contributed by atoms with van der Waals surface area (Å²) >= 11 is 0. The van der Waals surface area contributed by atoms with E-state index in [1.165, 1.54) is 29.7 Å². The van der Waals surface area contributed by atoms with Crippen LogP contribution in [0.3, 0.4) is 0 Å². The Labute approximate surface area is 132 Å². The van der Waals surface area contributed by atoms with Gasteiger partial charge in [0.1, 0.15) is 0 Å². The van der Waals surface area contributed by atoms with E-state index >= 15 is 0 Å². The quantitative estimate of drug-likeness (QED) is 0.938. The van der Waals surface area contributed by atoms with Gasteiger partial charge in [-0.2, -0.15) is 5.26 Å². The molecule has 2 N–H and O–H groups in total. The predicted octanol–water partition coefficient (Wildman–Crippen LogP) is 3.70. The van der Waals surface area contributed by atoms with Crippen LogP contribution in [0.4, 0.5) is 11.4 Å². The lowest BCUT2D eigenvalue weighted by molar-refractivity contribution is 0.561. The average Bonchev–Trinajstić information content (AvgIpc) is 2.60. The molecular weight excluding hydrogens is 270 g/mol. The van der Waals surface area contributed by atoms with Gasteiger partial charge in [-0.1, -0.05) is 6.07 Å². The van der Waals surface area contributed by atoms with Crippen LogP contribution in [0.1, 0.15) is 35.4 Å². The van der Waals surface area contributed by atoms with Crippen LogP contribution >= 0.6 is 0 Å². The van der Waals surface area contributed by atoms with Gasteiger partial charge in [0.15, 0.2) is 0 Å². The van der Waals surface area contributed by atoms with Gasteiger partial charge >= 0.3 is 0 Å². The molecule has 0 fully saturated rings. The van der Waals surface area contributed by atoms with E-state index in [9.17, 15) is 0 Å². The molecule has 1 aliphatic rings. The molecule has 0 spiro atoms. The fraction of sp³-hybridized carbons (Fsp3) is 0.316. The number of fused-ring (bicyclic) bond motifs is 1. The molecule has 1 aliphatic carbocycles. The lowest BCUT2D eigenvalue weighted by Crippen LogP contribution is -2.19. The summed E-state index contributed by atoms with van der Waals surface area (Å²) in [6.45, 7) is 0.734. The minimum Gasteiger partial charge on any atom is -0.345 e. The van der Waals surface area contributed by atoms with Gasteiger partial charge in [0, 0.05) is 18.4 Å². The van der Waals surface area contributed by atoms with Crippen molar-refractivity contribution in [2.75, 3.05) is 18.5 Å². The summed E-state index contributed by atoms with van der Waals surface area (Å²) in [5.74, 6) is 0.512. The largest absolute Gasteiger partial charge is 0.345 e. The first-order valence-electron chi connectivity index (χ1n) is 7.79. The molecule has 112 valence electrons. The number of hydrogen-bond donors (Lipinski definition) is 1. The van der Waals surface area contributed by atoms with Crippen LogP contribution < -0.4 is 10.6 Å². The maximum atomic E-state index is 8.89. The van der Waals surface area contributed by atoms with Gasteiger partial charge in [0.25, 0.3) is 0 Å². The highest BCUT2D eigenvalue weighted by molar-refractivity contribution is 5.64. The van der Waals surface area contributed by atoms with E-state index in [1.807, 2.05) is 24.3 Å². The Morgan fingerprint density at radius 3 is 2.59 bits per heavy atom. The molecule has 0 aliphatic heterocycles. The van der Waals surface area contributed by atoms with Crippen molar-refractivity contribution in [3.63, 3.8) is 0 Å². The molecule has 0 heterocycles. The highest BCUT2D eigenvalue weighted by Gasteiger charge is 2.19. The molecule has 2 aromatic rings. The Balaban J connectivity index is 1.90. The lowest BCUT2D eigenvalue weighted by atomic mass is 9.82. The van der Waals surface area contributed by atoms with E-state index in [-0.39, 0.29) is 0 Å². The number of nitriles is 1. The molecule has 0 amide bonds. The van der Waals surface area contributed by atoms with Crippen LogP contribution in [-0.4, -0.2) is 13.6 Å². The number of nitrogens with zero attached hydrogens (tertiary/aromatic N) is 2. The van der Waals surface area contributed by atoms with Gasteiger partial charge in [-0.15, -0.1) is 0 Å². The maximum absolute atomic E-state index is 8.89. The van der Waals surface area contributed by atoms with Gasteiger partial charge in [0.05, 0.1) is 11.6 Å². The molecule has 0 unspecified atom stereocenters. The van der Waals surface area contributed by atoms with E-state index in [4.69, 9.17) is 11.0 Å². The smallest absolute Gasteiger partial charge is 0.0991 e. The molecular formula is C19H21N3. The van der Waals surface area contributed by atoms with Gasteiger partial charge in [-0.05, 0) is 79.3 Å². The minimum absolute atomic E-state index is 0.512. The zero-order valence-corrected chi connectivity index (χ0v) is 12.9. The molecule has 0 radical (unpaired) electrons. The molecule has 3 nitrogen and oxygen atoms in total. The fourth-order valence-electron chi connectivity index (χ4n) is 3.26. The van der Waals surface area contributed by atoms with Crippen molar-refractivity contribution in [3.8, 4) is 6.07 Å². The predicted molar refractivity (Wildman–Crippen MR) is 90.4 cm³/mol. The molecule has 3 rings (SSSR count). The first-order chi connectivity index (χ1) is 10.7. The Bertz CT molecular complexity index is 698. The standard InChI is InChI=1S/C19H21N3/c1-22(17-7-5-14(12-20)6-8-17)18-9-10-19-15(11-18)3-2-4-16(19)13-21/h5-11,16H,2-4,13,21H2,1H3/t16-/m0/s1. The highest BCUT2D eigenvalue weighted by Crippen LogP contribution is 2.34. The highest BCUT2D eigenvalue weighted by atomic mass is 15.1. The number of rotatable bonds is 3. The topological polar surface area (TPSA) is 53.0 Å². The Hall–Kier alpha value is -2.31. The number of aryl methyl sites for hydroxylation is 1. The van der Waals surface area contributed by atoms with Crippen LogP contribution in [0, 0.1) is 11.3 Å². The monoisotopic (exact) mass is 291 g/mol. The van der Waals surface area contributed by atoms with Gasteiger partial charge in [-0.25, -0.2) is 0 Å². The molecule has 3 heteroatoms. The number of nitrogens with two attached hydrogens (primary N) is 1. The zero-order chi connectivity index (χ0) is 15.5. The zero-order valence-electron chi connectivity index (χ0n) is 12.9. The Morgan fingerprint density at radius 1 is 1.18 bits per heavy atom. The first kappa shape index (κ1) is 14.6.